The van der Waals surface area contributed by atoms with Gasteiger partial charge in [0.15, 0.2) is 0 Å². The van der Waals surface area contributed by atoms with Crippen LogP contribution in [0.15, 0.2) is 36.0 Å². The number of hydrogen-bond acceptors (Lipinski definition) is 3. The molecule has 5 heteroatoms. The van der Waals surface area contributed by atoms with Crippen molar-refractivity contribution in [2.75, 3.05) is 38.2 Å². The molecule has 136 valence electrons. The highest BCUT2D eigenvalue weighted by Gasteiger charge is 2.23. The number of para-hydroxylation sites is 2. The number of carbonyl (C=O) groups is 1. The van der Waals surface area contributed by atoms with E-state index in [2.05, 4.69) is 23.2 Å². The Morgan fingerprint density at radius 3 is 2.52 bits per heavy atom. The molecular formula is C20H29N3O2. The van der Waals surface area contributed by atoms with Crippen molar-refractivity contribution in [2.24, 2.45) is 5.92 Å². The zero-order valence-electron chi connectivity index (χ0n) is 15.3. The molecule has 2 amide bonds. The highest BCUT2D eigenvalue weighted by Crippen LogP contribution is 2.30. The van der Waals surface area contributed by atoms with Crippen molar-refractivity contribution >= 4 is 11.7 Å². The van der Waals surface area contributed by atoms with Crippen LogP contribution in [0.3, 0.4) is 0 Å². The van der Waals surface area contributed by atoms with Crippen LogP contribution in [0.2, 0.25) is 0 Å². The van der Waals surface area contributed by atoms with Gasteiger partial charge in [0.05, 0.1) is 12.8 Å². The van der Waals surface area contributed by atoms with Gasteiger partial charge >= 0.3 is 6.03 Å². The molecule has 1 aliphatic carbocycles. The Hall–Kier alpha value is -2.17. The van der Waals surface area contributed by atoms with Crippen molar-refractivity contribution < 1.29 is 9.53 Å². The second kappa shape index (κ2) is 8.28. The summed E-state index contributed by atoms with van der Waals surface area (Å²) in [7, 11) is 1.70. The Bertz CT molecular complexity index is 615. The number of urea groups is 1. The van der Waals surface area contributed by atoms with Crippen LogP contribution >= 0.6 is 0 Å². The summed E-state index contributed by atoms with van der Waals surface area (Å²) in [6.45, 7) is 5.22. The molecule has 1 aromatic rings. The predicted molar refractivity (Wildman–Crippen MR) is 101 cm³/mol. The minimum absolute atomic E-state index is 0.0111. The van der Waals surface area contributed by atoms with Gasteiger partial charge in [-0.2, -0.15) is 0 Å². The third-order valence-electron chi connectivity index (χ3n) is 5.42. The normalized spacial score (nSPS) is 19.2. The van der Waals surface area contributed by atoms with Gasteiger partial charge in [-0.15, -0.1) is 0 Å². The molecule has 2 fully saturated rings. The van der Waals surface area contributed by atoms with E-state index >= 15 is 0 Å². The third-order valence-corrected chi connectivity index (χ3v) is 5.42. The number of nitrogens with zero attached hydrogens (tertiary/aromatic N) is 2. The van der Waals surface area contributed by atoms with Gasteiger partial charge in [0.1, 0.15) is 5.75 Å². The lowest BCUT2D eigenvalue weighted by Crippen LogP contribution is -2.51. The minimum atomic E-state index is 0.0111. The van der Waals surface area contributed by atoms with E-state index in [1.54, 1.807) is 7.11 Å². The summed E-state index contributed by atoms with van der Waals surface area (Å²) >= 11 is 0. The average Bonchev–Trinajstić information content (AvgIpc) is 3.21. The number of nitrogens with one attached hydrogen (secondary N) is 1. The number of anilines is 1. The molecule has 0 unspecified atom stereocenters. The fourth-order valence-electron chi connectivity index (χ4n) is 3.81. The number of hydrogen-bond donors (Lipinski definition) is 1. The maximum Gasteiger partial charge on any atom is 0.321 e. The van der Waals surface area contributed by atoms with Crippen LogP contribution in [0.1, 0.15) is 32.6 Å². The molecule has 0 aromatic heterocycles. The summed E-state index contributed by atoms with van der Waals surface area (Å²) in [6.07, 6.45) is 7.07. The lowest BCUT2D eigenvalue weighted by molar-refractivity contribution is 0.198. The molecule has 0 atom stereocenters. The number of ether oxygens (including phenoxy) is 1. The highest BCUT2D eigenvalue weighted by atomic mass is 16.5. The number of amides is 2. The first kappa shape index (κ1) is 17.6. The summed E-state index contributed by atoms with van der Waals surface area (Å²) in [4.78, 5) is 16.6. The number of benzene rings is 1. The average molecular weight is 343 g/mol. The van der Waals surface area contributed by atoms with Crippen molar-refractivity contribution in [3.05, 3.63) is 36.0 Å². The molecule has 3 rings (SSSR count). The number of rotatable bonds is 4. The maximum atomic E-state index is 12.4. The van der Waals surface area contributed by atoms with Crippen molar-refractivity contribution in [1.82, 2.24) is 10.2 Å². The topological polar surface area (TPSA) is 44.8 Å². The molecule has 1 aromatic carbocycles. The van der Waals surface area contributed by atoms with Gasteiger partial charge < -0.3 is 19.9 Å². The van der Waals surface area contributed by atoms with Gasteiger partial charge in [-0.1, -0.05) is 30.5 Å². The van der Waals surface area contributed by atoms with E-state index in [-0.39, 0.29) is 6.03 Å². The lowest BCUT2D eigenvalue weighted by atomic mass is 10.0. The molecule has 25 heavy (non-hydrogen) atoms. The van der Waals surface area contributed by atoms with Crippen molar-refractivity contribution in [2.45, 2.75) is 32.6 Å². The van der Waals surface area contributed by atoms with Gasteiger partial charge in [0.25, 0.3) is 0 Å². The number of piperazine rings is 1. The maximum absolute atomic E-state index is 12.4. The summed E-state index contributed by atoms with van der Waals surface area (Å²) in [5.41, 5.74) is 2.40. The van der Waals surface area contributed by atoms with Crippen LogP contribution in [-0.4, -0.2) is 44.2 Å². The van der Waals surface area contributed by atoms with Crippen LogP contribution < -0.4 is 15.0 Å². The van der Waals surface area contributed by atoms with Gasteiger partial charge in [-0.05, 0) is 37.8 Å². The fraction of sp³-hybridized carbons (Fsp3) is 0.550. The molecule has 0 spiro atoms. The van der Waals surface area contributed by atoms with Crippen LogP contribution in [-0.2, 0) is 0 Å². The van der Waals surface area contributed by atoms with Crippen LogP contribution in [0.5, 0.6) is 5.75 Å². The van der Waals surface area contributed by atoms with E-state index in [0.717, 1.165) is 37.6 Å². The molecule has 5 nitrogen and oxygen atoms in total. The molecule has 2 aliphatic rings. The summed E-state index contributed by atoms with van der Waals surface area (Å²) < 4.78 is 5.44. The Balaban J connectivity index is 1.51. The van der Waals surface area contributed by atoms with E-state index in [4.69, 9.17) is 4.74 Å². The highest BCUT2D eigenvalue weighted by molar-refractivity contribution is 5.75. The van der Waals surface area contributed by atoms with Crippen molar-refractivity contribution in [3.63, 3.8) is 0 Å². The second-order valence-electron chi connectivity index (χ2n) is 6.97. The lowest BCUT2D eigenvalue weighted by Gasteiger charge is -2.36. The molecule has 1 saturated carbocycles. The molecule has 0 radical (unpaired) electrons. The summed E-state index contributed by atoms with van der Waals surface area (Å²) in [5, 5.41) is 2.99. The standard InChI is InChI=1S/C20H29N3O2/c1-16(17-7-3-4-8-17)15-21-20(24)23-13-11-22(12-14-23)18-9-5-6-10-19(18)25-2/h5-6,9-10,15,17H,3-4,7-8,11-14H2,1-2H3,(H,21,24)/b16-15+. The fourth-order valence-corrected chi connectivity index (χ4v) is 3.81. The smallest absolute Gasteiger partial charge is 0.321 e. The Morgan fingerprint density at radius 2 is 1.84 bits per heavy atom. The Morgan fingerprint density at radius 1 is 1.16 bits per heavy atom. The molecule has 1 aliphatic heterocycles. The number of allylic oxidation sites excluding steroid dienone is 1. The zero-order chi connectivity index (χ0) is 17.6. The van der Waals surface area contributed by atoms with Gasteiger partial charge in [-0.3, -0.25) is 0 Å². The molecule has 0 bridgehead atoms. The second-order valence-corrected chi connectivity index (χ2v) is 6.97. The Labute approximate surface area is 150 Å². The van der Waals surface area contributed by atoms with E-state index in [0.29, 0.717) is 5.92 Å². The van der Waals surface area contributed by atoms with Crippen LogP contribution in [0.25, 0.3) is 0 Å². The third kappa shape index (κ3) is 4.27. The predicted octanol–water partition coefficient (Wildman–Crippen LogP) is 3.62. The first-order valence-corrected chi connectivity index (χ1v) is 9.29. The molecule has 1 heterocycles. The number of methoxy groups -OCH3 is 1. The van der Waals surface area contributed by atoms with Gasteiger partial charge in [-0.25, -0.2) is 4.79 Å². The largest absolute Gasteiger partial charge is 0.495 e. The SMILES string of the molecule is COc1ccccc1N1CCN(C(=O)N/C=C(\C)C2CCCC2)CC1. The monoisotopic (exact) mass is 343 g/mol. The molecular weight excluding hydrogens is 314 g/mol. The summed E-state index contributed by atoms with van der Waals surface area (Å²) in [5.74, 6) is 1.54. The molecule has 1 N–H and O–H groups in total. The summed E-state index contributed by atoms with van der Waals surface area (Å²) in [6, 6.07) is 8.06. The van der Waals surface area contributed by atoms with Crippen molar-refractivity contribution in [3.8, 4) is 5.75 Å². The van der Waals surface area contributed by atoms with E-state index in [1.807, 2.05) is 29.3 Å². The zero-order valence-corrected chi connectivity index (χ0v) is 15.3. The first-order chi connectivity index (χ1) is 12.2. The van der Waals surface area contributed by atoms with E-state index < -0.39 is 0 Å². The van der Waals surface area contributed by atoms with E-state index in [9.17, 15) is 4.79 Å². The quantitative estimate of drug-likeness (QED) is 0.908. The Kier molecular flexibility index (Phi) is 5.84. The number of carbonyl (C=O) groups excluding carboxylic acids is 1. The first-order valence-electron chi connectivity index (χ1n) is 9.29. The van der Waals surface area contributed by atoms with Crippen LogP contribution in [0.4, 0.5) is 10.5 Å². The minimum Gasteiger partial charge on any atom is -0.495 e. The molecule has 1 saturated heterocycles. The van der Waals surface area contributed by atoms with Gasteiger partial charge in [0, 0.05) is 32.4 Å². The van der Waals surface area contributed by atoms with Crippen LogP contribution in [0, 0.1) is 5.92 Å². The van der Waals surface area contributed by atoms with Gasteiger partial charge in [0.2, 0.25) is 0 Å². The van der Waals surface area contributed by atoms with Crippen molar-refractivity contribution in [1.29, 1.82) is 0 Å². The van der Waals surface area contributed by atoms with E-state index in [1.165, 1.54) is 31.3 Å².